The molecule has 0 saturated carbocycles. The maximum atomic E-state index is 12.3. The van der Waals surface area contributed by atoms with Gasteiger partial charge in [0.05, 0.1) is 12.7 Å². The highest BCUT2D eigenvalue weighted by Gasteiger charge is 2.22. The Labute approximate surface area is 115 Å². The third-order valence-corrected chi connectivity index (χ3v) is 4.31. The number of aromatic carboxylic acids is 1. The summed E-state index contributed by atoms with van der Waals surface area (Å²) in [5.74, 6) is -1.30. The normalized spacial score (nSPS) is 11.2. The van der Waals surface area contributed by atoms with Crippen LogP contribution in [0.1, 0.15) is 16.1 Å². The predicted octanol–water partition coefficient (Wildman–Crippen LogP) is 1.96. The molecule has 2 rings (SSSR count). The van der Waals surface area contributed by atoms with E-state index in [1.54, 1.807) is 12.1 Å². The number of para-hydroxylation sites is 1. The van der Waals surface area contributed by atoms with E-state index >= 15 is 0 Å². The third-order valence-electron chi connectivity index (χ3n) is 2.64. The van der Waals surface area contributed by atoms with Crippen LogP contribution in [0.25, 0.3) is 0 Å². The Morgan fingerprint density at radius 2 is 2.05 bits per heavy atom. The number of benzene rings is 1. The molecule has 0 amide bonds. The number of methoxy groups -OCH3 is 1. The number of carboxylic acids is 1. The van der Waals surface area contributed by atoms with Gasteiger partial charge in [-0.25, -0.2) is 13.2 Å². The maximum Gasteiger partial charge on any atom is 0.338 e. The van der Waals surface area contributed by atoms with Gasteiger partial charge in [0, 0.05) is 0 Å². The highest BCUT2D eigenvalue weighted by atomic mass is 32.2. The second kappa shape index (κ2) is 5.38. The van der Waals surface area contributed by atoms with E-state index in [-0.39, 0.29) is 22.0 Å². The molecule has 0 spiro atoms. The van der Waals surface area contributed by atoms with Crippen LogP contribution in [-0.4, -0.2) is 26.6 Å². The van der Waals surface area contributed by atoms with Crippen LogP contribution in [0.5, 0.6) is 5.75 Å². The van der Waals surface area contributed by atoms with Crippen molar-refractivity contribution >= 4 is 15.8 Å². The molecule has 0 aliphatic heterocycles. The zero-order valence-corrected chi connectivity index (χ0v) is 11.4. The molecule has 6 nitrogen and oxygen atoms in total. The largest absolute Gasteiger partial charge is 0.495 e. The van der Waals surface area contributed by atoms with E-state index < -0.39 is 21.6 Å². The van der Waals surface area contributed by atoms with E-state index in [9.17, 15) is 13.2 Å². The molecule has 1 aromatic carbocycles. The van der Waals surface area contributed by atoms with Crippen LogP contribution in [-0.2, 0) is 15.6 Å². The van der Waals surface area contributed by atoms with Crippen LogP contribution in [0.15, 0.2) is 45.9 Å². The fourth-order valence-electron chi connectivity index (χ4n) is 1.71. The van der Waals surface area contributed by atoms with Gasteiger partial charge in [-0.15, -0.1) is 0 Å². The predicted molar refractivity (Wildman–Crippen MR) is 69.6 cm³/mol. The molecule has 2 aromatic rings. The van der Waals surface area contributed by atoms with Gasteiger partial charge in [-0.2, -0.15) is 0 Å². The molecule has 0 unspecified atom stereocenters. The van der Waals surface area contributed by atoms with Crippen LogP contribution in [0.4, 0.5) is 0 Å². The van der Waals surface area contributed by atoms with E-state index in [1.165, 1.54) is 25.3 Å². The Morgan fingerprint density at radius 1 is 1.35 bits per heavy atom. The summed E-state index contributed by atoms with van der Waals surface area (Å²) in [6.45, 7) is 0. The molecule has 0 saturated heterocycles. The lowest BCUT2D eigenvalue weighted by Crippen LogP contribution is -2.06. The topological polar surface area (TPSA) is 93.8 Å². The lowest BCUT2D eigenvalue weighted by atomic mass is 10.3. The summed E-state index contributed by atoms with van der Waals surface area (Å²) in [6, 6.07) is 7.40. The molecule has 1 heterocycles. The number of furan rings is 1. The fraction of sp³-hybridized carbons (Fsp3) is 0.154. The van der Waals surface area contributed by atoms with Crippen molar-refractivity contribution in [2.24, 2.45) is 0 Å². The first-order chi connectivity index (χ1) is 9.44. The summed E-state index contributed by atoms with van der Waals surface area (Å²) in [5, 5.41) is 8.77. The zero-order valence-electron chi connectivity index (χ0n) is 10.6. The van der Waals surface area contributed by atoms with Gasteiger partial charge in [0.15, 0.2) is 9.84 Å². The number of hydrogen-bond donors (Lipinski definition) is 1. The summed E-state index contributed by atoms with van der Waals surface area (Å²) in [4.78, 5) is 10.8. The van der Waals surface area contributed by atoms with Crippen LogP contribution in [0, 0.1) is 0 Å². The Kier molecular flexibility index (Phi) is 3.80. The van der Waals surface area contributed by atoms with Crippen molar-refractivity contribution in [2.45, 2.75) is 10.6 Å². The summed E-state index contributed by atoms with van der Waals surface area (Å²) in [6.07, 6.45) is 1.01. The van der Waals surface area contributed by atoms with Crippen molar-refractivity contribution in [1.29, 1.82) is 0 Å². The van der Waals surface area contributed by atoms with Crippen molar-refractivity contribution in [3.8, 4) is 5.75 Å². The first kappa shape index (κ1) is 14.1. The van der Waals surface area contributed by atoms with Gasteiger partial charge in [-0.05, 0) is 18.2 Å². The minimum Gasteiger partial charge on any atom is -0.495 e. The molecule has 106 valence electrons. The van der Waals surface area contributed by atoms with Crippen LogP contribution < -0.4 is 4.74 Å². The number of sulfone groups is 1. The smallest absolute Gasteiger partial charge is 0.338 e. The number of carbonyl (C=O) groups is 1. The highest BCUT2D eigenvalue weighted by molar-refractivity contribution is 7.90. The van der Waals surface area contributed by atoms with Gasteiger partial charge in [0.2, 0.25) is 0 Å². The minimum absolute atomic E-state index is 0.0378. The summed E-state index contributed by atoms with van der Waals surface area (Å²) in [5.41, 5.74) is -0.0878. The monoisotopic (exact) mass is 296 g/mol. The van der Waals surface area contributed by atoms with Crippen molar-refractivity contribution < 1.29 is 27.5 Å². The molecule has 0 fully saturated rings. The first-order valence-electron chi connectivity index (χ1n) is 5.60. The molecule has 0 bridgehead atoms. The van der Waals surface area contributed by atoms with Crippen molar-refractivity contribution in [3.63, 3.8) is 0 Å². The van der Waals surface area contributed by atoms with E-state index in [0.29, 0.717) is 0 Å². The zero-order chi connectivity index (χ0) is 14.8. The summed E-state index contributed by atoms with van der Waals surface area (Å²) < 4.78 is 34.5. The SMILES string of the molecule is COc1ccccc1S(=O)(=O)Cc1cc(C(=O)O)co1. The van der Waals surface area contributed by atoms with E-state index in [0.717, 1.165) is 6.26 Å². The first-order valence-corrected chi connectivity index (χ1v) is 7.26. The highest BCUT2D eigenvalue weighted by Crippen LogP contribution is 2.26. The molecule has 1 aromatic heterocycles. The van der Waals surface area contributed by atoms with Gasteiger partial charge in [0.1, 0.15) is 28.4 Å². The number of hydrogen-bond acceptors (Lipinski definition) is 5. The third kappa shape index (κ3) is 2.83. The average Bonchev–Trinajstić information content (AvgIpc) is 2.86. The molecule has 20 heavy (non-hydrogen) atoms. The standard InChI is InChI=1S/C13H12O6S/c1-18-11-4-2-3-5-12(11)20(16,17)8-10-6-9(7-19-10)13(14)15/h2-7H,8H2,1H3,(H,14,15). The second-order valence-electron chi connectivity index (χ2n) is 4.02. The van der Waals surface area contributed by atoms with Crippen LogP contribution in [0.3, 0.4) is 0 Å². The van der Waals surface area contributed by atoms with Crippen LogP contribution in [0.2, 0.25) is 0 Å². The molecule has 1 N–H and O–H groups in total. The summed E-state index contributed by atoms with van der Waals surface area (Å²) >= 11 is 0. The minimum atomic E-state index is -3.68. The van der Waals surface area contributed by atoms with E-state index in [4.69, 9.17) is 14.3 Å². The average molecular weight is 296 g/mol. The van der Waals surface area contributed by atoms with Crippen molar-refractivity contribution in [1.82, 2.24) is 0 Å². The maximum absolute atomic E-state index is 12.3. The number of carboxylic acid groups (broad SMARTS) is 1. The van der Waals surface area contributed by atoms with E-state index in [1.807, 2.05) is 0 Å². The summed E-state index contributed by atoms with van der Waals surface area (Å²) in [7, 11) is -2.30. The van der Waals surface area contributed by atoms with Gasteiger partial charge in [-0.1, -0.05) is 12.1 Å². The van der Waals surface area contributed by atoms with E-state index in [2.05, 4.69) is 0 Å². The Balaban J connectivity index is 2.33. The number of rotatable bonds is 5. The Morgan fingerprint density at radius 3 is 2.65 bits per heavy atom. The van der Waals surface area contributed by atoms with Gasteiger partial charge in [-0.3, -0.25) is 0 Å². The molecule has 0 atom stereocenters. The lowest BCUT2D eigenvalue weighted by Gasteiger charge is -2.07. The second-order valence-corrected chi connectivity index (χ2v) is 5.97. The van der Waals surface area contributed by atoms with Crippen molar-refractivity contribution in [3.05, 3.63) is 47.9 Å². The molecular formula is C13H12O6S. The molecule has 0 aliphatic carbocycles. The fourth-order valence-corrected chi connectivity index (χ4v) is 3.13. The van der Waals surface area contributed by atoms with Gasteiger partial charge in [0.25, 0.3) is 0 Å². The van der Waals surface area contributed by atoms with Gasteiger partial charge >= 0.3 is 5.97 Å². The van der Waals surface area contributed by atoms with Crippen LogP contribution >= 0.6 is 0 Å². The molecular weight excluding hydrogens is 284 g/mol. The molecule has 0 aliphatic rings. The quantitative estimate of drug-likeness (QED) is 0.906. The van der Waals surface area contributed by atoms with Crippen molar-refractivity contribution in [2.75, 3.05) is 7.11 Å². The Bertz CT molecular complexity index is 729. The Hall–Kier alpha value is -2.28. The lowest BCUT2D eigenvalue weighted by molar-refractivity contribution is 0.0696. The molecule has 0 radical (unpaired) electrons. The molecule has 7 heteroatoms. The number of ether oxygens (including phenoxy) is 1. The van der Waals surface area contributed by atoms with Gasteiger partial charge < -0.3 is 14.3 Å².